The van der Waals surface area contributed by atoms with Crippen LogP contribution in [0.15, 0.2) is 18.2 Å². The van der Waals surface area contributed by atoms with Gasteiger partial charge in [0.1, 0.15) is 0 Å². The number of methoxy groups -OCH3 is 1. The van der Waals surface area contributed by atoms with E-state index < -0.39 is 0 Å². The van der Waals surface area contributed by atoms with Crippen molar-refractivity contribution in [2.24, 2.45) is 0 Å². The van der Waals surface area contributed by atoms with E-state index in [2.05, 4.69) is 18.0 Å². The molecule has 24 heavy (non-hydrogen) atoms. The maximum absolute atomic E-state index is 10.5. The first-order chi connectivity index (χ1) is 11.7. The summed E-state index contributed by atoms with van der Waals surface area (Å²) in [7, 11) is 3.77. The van der Waals surface area contributed by atoms with Crippen molar-refractivity contribution in [3.05, 3.63) is 34.9 Å². The molecule has 1 atom stereocenters. The maximum Gasteiger partial charge on any atom is 0.231 e. The summed E-state index contributed by atoms with van der Waals surface area (Å²) in [5.41, 5.74) is 5.79. The molecule has 1 aliphatic carbocycles. The minimum Gasteiger partial charge on any atom is -0.504 e. The largest absolute Gasteiger partial charge is 0.504 e. The second kappa shape index (κ2) is 4.80. The van der Waals surface area contributed by atoms with E-state index in [4.69, 9.17) is 14.2 Å². The highest BCUT2D eigenvalue weighted by atomic mass is 16.7. The predicted molar refractivity (Wildman–Crippen MR) is 89.0 cm³/mol. The Labute approximate surface area is 140 Å². The summed E-state index contributed by atoms with van der Waals surface area (Å²) in [6, 6.07) is 6.27. The summed E-state index contributed by atoms with van der Waals surface area (Å²) in [5.74, 6) is 2.32. The fourth-order valence-corrected chi connectivity index (χ4v) is 4.31. The van der Waals surface area contributed by atoms with Crippen LogP contribution in [0.2, 0.25) is 0 Å². The van der Waals surface area contributed by atoms with E-state index in [0.29, 0.717) is 11.8 Å². The van der Waals surface area contributed by atoms with Gasteiger partial charge in [-0.25, -0.2) is 0 Å². The standard InChI is InChI=1S/C19H19NO4/c1-20-4-3-10-6-14(21)19(22-2)18-12-8-16-15(23-9-24-16)7-11(12)5-13(20)17(10)18/h6-8,13,21H,3-5,9H2,1-2H3/t13-/m0/s1. The molecule has 2 aromatic rings. The summed E-state index contributed by atoms with van der Waals surface area (Å²) < 4.78 is 16.7. The number of hydrogen-bond acceptors (Lipinski definition) is 5. The lowest BCUT2D eigenvalue weighted by molar-refractivity contribution is 0.174. The van der Waals surface area contributed by atoms with Gasteiger partial charge in [-0.1, -0.05) is 0 Å². The second-order valence-corrected chi connectivity index (χ2v) is 6.69. The zero-order chi connectivity index (χ0) is 16.4. The lowest BCUT2D eigenvalue weighted by Gasteiger charge is -2.40. The molecule has 0 radical (unpaired) electrons. The van der Waals surface area contributed by atoms with E-state index >= 15 is 0 Å². The molecule has 0 amide bonds. The summed E-state index contributed by atoms with van der Waals surface area (Å²) >= 11 is 0. The van der Waals surface area contributed by atoms with Crippen molar-refractivity contribution in [2.45, 2.75) is 18.9 Å². The van der Waals surface area contributed by atoms with Crippen molar-refractivity contribution in [1.82, 2.24) is 4.90 Å². The minimum atomic E-state index is 0.208. The summed E-state index contributed by atoms with van der Waals surface area (Å²) in [6.45, 7) is 1.25. The average molecular weight is 325 g/mol. The van der Waals surface area contributed by atoms with Gasteiger partial charge in [-0.05, 0) is 60.3 Å². The van der Waals surface area contributed by atoms with E-state index in [1.54, 1.807) is 7.11 Å². The van der Waals surface area contributed by atoms with Crippen molar-refractivity contribution >= 4 is 0 Å². The Bertz CT molecular complexity index is 861. The molecule has 5 heteroatoms. The lowest BCUT2D eigenvalue weighted by Crippen LogP contribution is -2.35. The highest BCUT2D eigenvalue weighted by Crippen LogP contribution is 2.54. The smallest absolute Gasteiger partial charge is 0.231 e. The quantitative estimate of drug-likeness (QED) is 0.874. The number of phenolic OH excluding ortho intramolecular Hbond substituents is 1. The third-order valence-electron chi connectivity index (χ3n) is 5.47. The van der Waals surface area contributed by atoms with E-state index in [9.17, 15) is 5.11 Å². The average Bonchev–Trinajstić information content (AvgIpc) is 3.03. The summed E-state index contributed by atoms with van der Waals surface area (Å²) in [5, 5.41) is 10.5. The van der Waals surface area contributed by atoms with Crippen molar-refractivity contribution in [1.29, 1.82) is 0 Å². The van der Waals surface area contributed by atoms with Gasteiger partial charge in [0.15, 0.2) is 23.0 Å². The Morgan fingerprint density at radius 1 is 1.17 bits per heavy atom. The first-order valence-corrected chi connectivity index (χ1v) is 8.23. The minimum absolute atomic E-state index is 0.208. The van der Waals surface area contributed by atoms with Crippen LogP contribution in [0.4, 0.5) is 0 Å². The van der Waals surface area contributed by atoms with Gasteiger partial charge < -0.3 is 19.3 Å². The van der Waals surface area contributed by atoms with Crippen LogP contribution in [0.3, 0.4) is 0 Å². The topological polar surface area (TPSA) is 51.2 Å². The number of fused-ring (bicyclic) bond motifs is 3. The van der Waals surface area contributed by atoms with Crippen LogP contribution in [0.5, 0.6) is 23.0 Å². The van der Waals surface area contributed by atoms with Crippen LogP contribution in [-0.4, -0.2) is 37.5 Å². The molecule has 0 spiro atoms. The van der Waals surface area contributed by atoms with E-state index in [-0.39, 0.29) is 12.5 Å². The number of nitrogens with zero attached hydrogens (tertiary/aromatic N) is 1. The fourth-order valence-electron chi connectivity index (χ4n) is 4.31. The van der Waals surface area contributed by atoms with E-state index in [1.807, 2.05) is 12.1 Å². The summed E-state index contributed by atoms with van der Waals surface area (Å²) in [6.07, 6.45) is 1.86. The Kier molecular flexibility index (Phi) is 2.80. The Balaban J connectivity index is 1.85. The molecule has 0 aromatic heterocycles. The molecule has 0 fully saturated rings. The van der Waals surface area contributed by atoms with Crippen LogP contribution in [-0.2, 0) is 12.8 Å². The SMILES string of the molecule is COc1c(O)cc2c3c1-c1cc4c(cc1C[C@@H]3N(C)CC2)OCO4. The molecule has 0 saturated carbocycles. The molecule has 124 valence electrons. The molecule has 2 aliphatic heterocycles. The van der Waals surface area contributed by atoms with Gasteiger partial charge in [0.05, 0.1) is 7.11 Å². The Morgan fingerprint density at radius 3 is 2.75 bits per heavy atom. The first-order valence-electron chi connectivity index (χ1n) is 8.23. The normalized spacial score (nSPS) is 20.5. The van der Waals surface area contributed by atoms with Crippen LogP contribution in [0, 0.1) is 0 Å². The Morgan fingerprint density at radius 2 is 1.96 bits per heavy atom. The second-order valence-electron chi connectivity index (χ2n) is 6.69. The molecule has 0 saturated heterocycles. The van der Waals surface area contributed by atoms with Gasteiger partial charge >= 0.3 is 0 Å². The van der Waals surface area contributed by atoms with Gasteiger partial charge in [0.2, 0.25) is 6.79 Å². The molecular formula is C19H19NO4. The number of rotatable bonds is 1. The molecule has 0 bridgehead atoms. The molecule has 3 aliphatic rings. The van der Waals surface area contributed by atoms with Crippen molar-refractivity contribution < 1.29 is 19.3 Å². The van der Waals surface area contributed by atoms with Crippen LogP contribution >= 0.6 is 0 Å². The lowest BCUT2D eigenvalue weighted by atomic mass is 9.76. The monoisotopic (exact) mass is 325 g/mol. The number of ether oxygens (including phenoxy) is 3. The first kappa shape index (κ1) is 14.0. The maximum atomic E-state index is 10.5. The van der Waals surface area contributed by atoms with E-state index in [1.165, 1.54) is 16.7 Å². The molecule has 5 nitrogen and oxygen atoms in total. The summed E-state index contributed by atoms with van der Waals surface area (Å²) in [4.78, 5) is 2.38. The third-order valence-corrected chi connectivity index (χ3v) is 5.47. The molecule has 1 N–H and O–H groups in total. The molecule has 2 heterocycles. The number of aromatic hydroxyl groups is 1. The number of hydrogen-bond donors (Lipinski definition) is 1. The fraction of sp³-hybridized carbons (Fsp3) is 0.368. The number of likely N-dealkylation sites (N-methyl/N-ethyl adjacent to an activating group) is 1. The Hall–Kier alpha value is -2.40. The van der Waals surface area contributed by atoms with Crippen molar-refractivity contribution in [3.8, 4) is 34.1 Å². The molecular weight excluding hydrogens is 306 g/mol. The number of benzene rings is 2. The van der Waals surface area contributed by atoms with Gasteiger partial charge in [0, 0.05) is 18.2 Å². The third kappa shape index (κ3) is 1.73. The zero-order valence-electron chi connectivity index (χ0n) is 13.8. The highest BCUT2D eigenvalue weighted by Gasteiger charge is 2.37. The predicted octanol–water partition coefficient (Wildman–Crippen LogP) is 2.88. The molecule has 2 aromatic carbocycles. The van der Waals surface area contributed by atoms with Crippen LogP contribution in [0.25, 0.3) is 11.1 Å². The zero-order valence-corrected chi connectivity index (χ0v) is 13.8. The molecule has 5 rings (SSSR count). The highest BCUT2D eigenvalue weighted by molar-refractivity contribution is 5.85. The van der Waals surface area contributed by atoms with Gasteiger partial charge in [-0.2, -0.15) is 0 Å². The van der Waals surface area contributed by atoms with Crippen molar-refractivity contribution in [3.63, 3.8) is 0 Å². The van der Waals surface area contributed by atoms with Gasteiger partial charge in [-0.3, -0.25) is 4.90 Å². The van der Waals surface area contributed by atoms with E-state index in [0.717, 1.165) is 42.0 Å². The van der Waals surface area contributed by atoms with Crippen molar-refractivity contribution in [2.75, 3.05) is 27.5 Å². The van der Waals surface area contributed by atoms with Gasteiger partial charge in [0.25, 0.3) is 0 Å². The number of phenols is 1. The van der Waals surface area contributed by atoms with Crippen LogP contribution in [0.1, 0.15) is 22.7 Å². The van der Waals surface area contributed by atoms with Gasteiger partial charge in [-0.15, -0.1) is 0 Å². The van der Waals surface area contributed by atoms with Crippen LogP contribution < -0.4 is 14.2 Å². The molecule has 0 unspecified atom stereocenters.